The Hall–Kier alpha value is -2.44. The van der Waals surface area contributed by atoms with Gasteiger partial charge in [-0.2, -0.15) is 18.3 Å². The van der Waals surface area contributed by atoms with E-state index in [1.807, 2.05) is 0 Å². The highest BCUT2D eigenvalue weighted by atomic mass is 19.4. The monoisotopic (exact) mass is 280 g/mol. The van der Waals surface area contributed by atoms with Crippen LogP contribution in [-0.2, 0) is 13.2 Å². The maximum atomic E-state index is 13.2. The molecule has 3 aromatic rings. The number of nitrogens with two attached hydrogens (primary N) is 1. The Balaban J connectivity index is 2.39. The lowest BCUT2D eigenvalue weighted by atomic mass is 10.0. The van der Waals surface area contributed by atoms with Gasteiger partial charge in [-0.05, 0) is 12.1 Å². The van der Waals surface area contributed by atoms with E-state index in [9.17, 15) is 13.2 Å². The molecule has 0 spiro atoms. The molecule has 0 aliphatic rings. The van der Waals surface area contributed by atoms with Crippen molar-refractivity contribution in [1.29, 1.82) is 0 Å². The fraction of sp³-hybridized carbons (Fsp3) is 0.154. The lowest BCUT2D eigenvalue weighted by Gasteiger charge is -2.10. The van der Waals surface area contributed by atoms with Crippen LogP contribution < -0.4 is 5.73 Å². The van der Waals surface area contributed by atoms with Crippen LogP contribution in [0.1, 0.15) is 5.56 Å². The number of nitrogens with zero attached hydrogens (tertiary/aromatic N) is 2. The first-order valence-corrected chi connectivity index (χ1v) is 5.84. The van der Waals surface area contributed by atoms with Gasteiger partial charge in [-0.1, -0.05) is 6.07 Å². The number of benzene rings is 1. The number of hydrogen-bond acceptors (Lipinski definition) is 2. The Morgan fingerprint density at radius 2 is 2.05 bits per heavy atom. The molecule has 0 fully saturated rings. The molecule has 0 saturated heterocycles. The van der Waals surface area contributed by atoms with Gasteiger partial charge < -0.3 is 10.7 Å². The standard InChI is InChI=1S/C13H11F3N4/c1-20-12(9(17)6-19-20)7-5-18-10-4-2-3-8(11(7)10)13(14,15)16/h2-6,18H,17H2,1H3. The highest BCUT2D eigenvalue weighted by molar-refractivity contribution is 5.99. The largest absolute Gasteiger partial charge is 0.417 e. The normalized spacial score (nSPS) is 12.2. The van der Waals surface area contributed by atoms with Crippen molar-refractivity contribution in [1.82, 2.24) is 14.8 Å². The zero-order chi connectivity index (χ0) is 14.5. The van der Waals surface area contributed by atoms with Gasteiger partial charge in [-0.3, -0.25) is 4.68 Å². The minimum Gasteiger partial charge on any atom is -0.396 e. The number of halogens is 3. The first-order valence-electron chi connectivity index (χ1n) is 5.84. The number of hydrogen-bond donors (Lipinski definition) is 2. The lowest BCUT2D eigenvalue weighted by Crippen LogP contribution is -2.06. The summed E-state index contributed by atoms with van der Waals surface area (Å²) in [7, 11) is 1.64. The number of H-pyrrole nitrogens is 1. The van der Waals surface area contributed by atoms with E-state index in [0.29, 0.717) is 22.5 Å². The molecule has 0 aliphatic heterocycles. The van der Waals surface area contributed by atoms with Gasteiger partial charge in [0, 0.05) is 29.7 Å². The van der Waals surface area contributed by atoms with Crippen molar-refractivity contribution in [2.24, 2.45) is 7.05 Å². The molecule has 3 N–H and O–H groups in total. The average molecular weight is 280 g/mol. The number of alkyl halides is 3. The molecule has 2 heterocycles. The molecule has 7 heteroatoms. The lowest BCUT2D eigenvalue weighted by molar-refractivity contribution is -0.136. The first-order chi connectivity index (χ1) is 9.39. The molecular weight excluding hydrogens is 269 g/mol. The number of fused-ring (bicyclic) bond motifs is 1. The Morgan fingerprint density at radius 3 is 2.65 bits per heavy atom. The van der Waals surface area contributed by atoms with Gasteiger partial charge >= 0.3 is 6.18 Å². The van der Waals surface area contributed by atoms with E-state index in [0.717, 1.165) is 6.07 Å². The molecule has 0 atom stereocenters. The Kier molecular flexibility index (Phi) is 2.53. The van der Waals surface area contributed by atoms with Crippen LogP contribution in [0.15, 0.2) is 30.6 Å². The van der Waals surface area contributed by atoms with E-state index < -0.39 is 11.7 Å². The number of nitrogen functional groups attached to an aromatic ring is 1. The molecule has 0 saturated carbocycles. The number of aromatic nitrogens is 3. The summed E-state index contributed by atoms with van der Waals surface area (Å²) in [5.41, 5.74) is 6.73. The molecule has 0 bridgehead atoms. The highest BCUT2D eigenvalue weighted by Crippen LogP contribution is 2.40. The van der Waals surface area contributed by atoms with Crippen LogP contribution in [0.3, 0.4) is 0 Å². The molecule has 0 radical (unpaired) electrons. The molecule has 104 valence electrons. The summed E-state index contributed by atoms with van der Waals surface area (Å²) in [6.07, 6.45) is -1.48. The van der Waals surface area contributed by atoms with Gasteiger partial charge in [0.05, 0.1) is 23.1 Å². The topological polar surface area (TPSA) is 59.6 Å². The van der Waals surface area contributed by atoms with E-state index >= 15 is 0 Å². The third-order valence-electron chi connectivity index (χ3n) is 3.23. The minimum atomic E-state index is -4.43. The van der Waals surface area contributed by atoms with Gasteiger partial charge in [0.25, 0.3) is 0 Å². The molecule has 0 aliphatic carbocycles. The van der Waals surface area contributed by atoms with Gasteiger partial charge in [-0.25, -0.2) is 0 Å². The molecule has 2 aromatic heterocycles. The number of rotatable bonds is 1. The van der Waals surface area contributed by atoms with Crippen molar-refractivity contribution in [2.45, 2.75) is 6.18 Å². The minimum absolute atomic E-state index is 0.107. The van der Waals surface area contributed by atoms with E-state index in [4.69, 9.17) is 5.73 Å². The molecule has 20 heavy (non-hydrogen) atoms. The van der Waals surface area contributed by atoms with Crippen molar-refractivity contribution in [3.63, 3.8) is 0 Å². The summed E-state index contributed by atoms with van der Waals surface area (Å²) in [6, 6.07) is 4.03. The second kappa shape index (κ2) is 4.03. The van der Waals surface area contributed by atoms with Crippen molar-refractivity contribution in [3.05, 3.63) is 36.2 Å². The second-order valence-electron chi connectivity index (χ2n) is 4.50. The van der Waals surface area contributed by atoms with Crippen LogP contribution in [0.5, 0.6) is 0 Å². The molecular formula is C13H11F3N4. The van der Waals surface area contributed by atoms with Crippen molar-refractivity contribution < 1.29 is 13.2 Å². The molecule has 0 amide bonds. The number of anilines is 1. The average Bonchev–Trinajstić information content (AvgIpc) is 2.92. The summed E-state index contributed by atoms with van der Waals surface area (Å²) in [5, 5.41) is 4.07. The van der Waals surface area contributed by atoms with Crippen molar-refractivity contribution >= 4 is 16.6 Å². The van der Waals surface area contributed by atoms with Crippen molar-refractivity contribution in [2.75, 3.05) is 5.73 Å². The Bertz CT molecular complexity index is 763. The first kappa shape index (κ1) is 12.6. The zero-order valence-electron chi connectivity index (χ0n) is 10.5. The number of aryl methyl sites for hydroxylation is 1. The summed E-state index contributed by atoms with van der Waals surface area (Å²) in [4.78, 5) is 2.85. The van der Waals surface area contributed by atoms with Crippen LogP contribution in [0.4, 0.5) is 18.9 Å². The van der Waals surface area contributed by atoms with Gasteiger partial charge in [0.1, 0.15) is 0 Å². The predicted octanol–water partition coefficient (Wildman–Crippen LogP) is 3.17. The molecule has 3 rings (SSSR count). The van der Waals surface area contributed by atoms with Crippen LogP contribution in [0, 0.1) is 0 Å². The third-order valence-corrected chi connectivity index (χ3v) is 3.23. The summed E-state index contributed by atoms with van der Waals surface area (Å²) >= 11 is 0. The second-order valence-corrected chi connectivity index (χ2v) is 4.50. The van der Waals surface area contributed by atoms with Gasteiger partial charge in [0.2, 0.25) is 0 Å². The van der Waals surface area contributed by atoms with E-state index in [1.54, 1.807) is 13.1 Å². The van der Waals surface area contributed by atoms with E-state index in [1.165, 1.54) is 23.1 Å². The van der Waals surface area contributed by atoms with Crippen LogP contribution in [-0.4, -0.2) is 14.8 Å². The maximum absolute atomic E-state index is 13.2. The number of aromatic amines is 1. The van der Waals surface area contributed by atoms with E-state index in [-0.39, 0.29) is 5.39 Å². The fourth-order valence-electron chi connectivity index (χ4n) is 2.39. The summed E-state index contributed by atoms with van der Waals surface area (Å²) < 4.78 is 40.9. The van der Waals surface area contributed by atoms with Crippen LogP contribution >= 0.6 is 0 Å². The number of nitrogens with one attached hydrogen (secondary N) is 1. The zero-order valence-corrected chi connectivity index (χ0v) is 10.5. The third kappa shape index (κ3) is 1.74. The summed E-state index contributed by atoms with van der Waals surface area (Å²) in [5.74, 6) is 0. The maximum Gasteiger partial charge on any atom is 0.417 e. The summed E-state index contributed by atoms with van der Waals surface area (Å²) in [6.45, 7) is 0. The van der Waals surface area contributed by atoms with Crippen LogP contribution in [0.25, 0.3) is 22.2 Å². The van der Waals surface area contributed by atoms with E-state index in [2.05, 4.69) is 10.1 Å². The molecule has 4 nitrogen and oxygen atoms in total. The molecule has 1 aromatic carbocycles. The Morgan fingerprint density at radius 1 is 1.30 bits per heavy atom. The van der Waals surface area contributed by atoms with Crippen molar-refractivity contribution in [3.8, 4) is 11.3 Å². The molecule has 0 unspecified atom stereocenters. The highest BCUT2D eigenvalue weighted by Gasteiger charge is 2.34. The predicted molar refractivity (Wildman–Crippen MR) is 69.9 cm³/mol. The van der Waals surface area contributed by atoms with Crippen LogP contribution in [0.2, 0.25) is 0 Å². The van der Waals surface area contributed by atoms with Gasteiger partial charge in [0.15, 0.2) is 0 Å². The fourth-order valence-corrected chi connectivity index (χ4v) is 2.39. The quantitative estimate of drug-likeness (QED) is 0.719. The SMILES string of the molecule is Cn1ncc(N)c1-c1c[nH]c2cccc(C(F)(F)F)c12. The van der Waals surface area contributed by atoms with Gasteiger partial charge in [-0.15, -0.1) is 0 Å². The smallest absolute Gasteiger partial charge is 0.396 e. The Labute approximate surface area is 112 Å².